The first kappa shape index (κ1) is 39.1. The van der Waals surface area contributed by atoms with Gasteiger partial charge in [-0.2, -0.15) is 0 Å². The van der Waals surface area contributed by atoms with Crippen molar-refractivity contribution in [2.45, 2.75) is 110 Å². The Kier molecular flexibility index (Phi) is 11.1. The van der Waals surface area contributed by atoms with Gasteiger partial charge in [-0.1, -0.05) is 38.1 Å². The minimum Gasteiger partial charge on any atom is -0.496 e. The normalized spacial score (nSPS) is 23.7. The molecule has 3 saturated carbocycles. The molecule has 2 aromatic rings. The average molecular weight is 720 g/mol. The zero-order valence-electron chi connectivity index (χ0n) is 32.1. The van der Waals surface area contributed by atoms with Crippen LogP contribution in [0.5, 0.6) is 5.75 Å². The van der Waals surface area contributed by atoms with Crippen LogP contribution < -0.4 is 20.7 Å². The Balaban J connectivity index is 1.38. The van der Waals surface area contributed by atoms with E-state index in [2.05, 4.69) is 36.7 Å². The quantitative estimate of drug-likeness (QED) is 0.155. The van der Waals surface area contributed by atoms with Crippen molar-refractivity contribution in [1.29, 1.82) is 0 Å². The van der Waals surface area contributed by atoms with E-state index >= 15 is 0 Å². The first-order chi connectivity index (χ1) is 24.2. The summed E-state index contributed by atoms with van der Waals surface area (Å²) in [6, 6.07) is 11.8. The van der Waals surface area contributed by atoms with Crippen LogP contribution in [-0.4, -0.2) is 80.0 Å². The SMILES string of the molecule is COc1c(C[C@H](NC(=O)c2ccccc2C(=O)NCCNC(=O)OC(C)(C)C)B2OC3CC4CC(C4(C)C)C3(C)O2)cccc1C(=O)OC(C)(C)C. The molecular formula is C39H54BN3O9. The van der Waals surface area contributed by atoms with Crippen LogP contribution in [0.25, 0.3) is 0 Å². The van der Waals surface area contributed by atoms with Gasteiger partial charge in [0, 0.05) is 13.1 Å². The summed E-state index contributed by atoms with van der Waals surface area (Å²) < 4.78 is 30.2. The van der Waals surface area contributed by atoms with Crippen LogP contribution in [-0.2, 0) is 25.2 Å². The summed E-state index contributed by atoms with van der Waals surface area (Å²) in [5, 5.41) is 8.50. The van der Waals surface area contributed by atoms with Crippen LogP contribution in [0.1, 0.15) is 112 Å². The average Bonchev–Trinajstić information content (AvgIpc) is 3.41. The number of rotatable bonds is 11. The highest BCUT2D eigenvalue weighted by molar-refractivity contribution is 6.48. The number of alkyl carbamates (subject to hydrolysis) is 1. The number of benzene rings is 2. The van der Waals surface area contributed by atoms with Gasteiger partial charge in [0.15, 0.2) is 0 Å². The third-order valence-corrected chi connectivity index (χ3v) is 10.5. The highest BCUT2D eigenvalue weighted by atomic mass is 16.7. The van der Waals surface area contributed by atoms with Crippen LogP contribution in [0.4, 0.5) is 4.79 Å². The molecule has 6 rings (SSSR count). The number of para-hydroxylation sites is 1. The number of nitrogens with one attached hydrogen (secondary N) is 3. The van der Waals surface area contributed by atoms with Crippen molar-refractivity contribution in [3.8, 4) is 5.75 Å². The van der Waals surface area contributed by atoms with E-state index in [0.29, 0.717) is 23.1 Å². The summed E-state index contributed by atoms with van der Waals surface area (Å²) in [6.45, 7) is 17.6. The summed E-state index contributed by atoms with van der Waals surface area (Å²) in [7, 11) is 0.676. The fraction of sp³-hybridized carbons (Fsp3) is 0.590. The molecule has 4 unspecified atom stereocenters. The van der Waals surface area contributed by atoms with Gasteiger partial charge in [-0.3, -0.25) is 9.59 Å². The van der Waals surface area contributed by atoms with E-state index in [1.807, 2.05) is 6.07 Å². The highest BCUT2D eigenvalue weighted by Gasteiger charge is 2.68. The molecule has 4 aliphatic rings. The number of carbonyl (C=O) groups excluding carboxylic acids is 4. The molecule has 52 heavy (non-hydrogen) atoms. The molecule has 13 heteroatoms. The Hall–Kier alpha value is -4.10. The molecular weight excluding hydrogens is 665 g/mol. The van der Waals surface area contributed by atoms with Crippen molar-refractivity contribution in [3.05, 3.63) is 64.7 Å². The second-order valence-corrected chi connectivity index (χ2v) is 16.9. The summed E-state index contributed by atoms with van der Waals surface area (Å²) in [5.74, 6) is -1.07. The largest absolute Gasteiger partial charge is 0.496 e. The zero-order chi connectivity index (χ0) is 38.2. The van der Waals surface area contributed by atoms with E-state index in [1.165, 1.54) is 7.11 Å². The van der Waals surface area contributed by atoms with Gasteiger partial charge in [0.25, 0.3) is 11.8 Å². The molecule has 0 radical (unpaired) electrons. The van der Waals surface area contributed by atoms with Crippen LogP contribution >= 0.6 is 0 Å². The molecule has 0 aromatic heterocycles. The molecule has 12 nitrogen and oxygen atoms in total. The summed E-state index contributed by atoms with van der Waals surface area (Å²) in [6.07, 6.45) is 1.39. The molecule has 3 amide bonds. The lowest BCUT2D eigenvalue weighted by Crippen LogP contribution is -2.65. The smallest absolute Gasteiger partial charge is 0.482 e. The predicted octanol–water partition coefficient (Wildman–Crippen LogP) is 5.51. The number of esters is 1. The van der Waals surface area contributed by atoms with Gasteiger partial charge in [0.1, 0.15) is 22.5 Å². The Morgan fingerprint density at radius 1 is 0.846 bits per heavy atom. The van der Waals surface area contributed by atoms with E-state index in [9.17, 15) is 19.2 Å². The van der Waals surface area contributed by atoms with E-state index in [-0.39, 0.29) is 47.7 Å². The zero-order valence-corrected chi connectivity index (χ0v) is 32.1. The molecule has 4 fully saturated rings. The van der Waals surface area contributed by atoms with E-state index in [1.54, 1.807) is 77.9 Å². The summed E-state index contributed by atoms with van der Waals surface area (Å²) in [4.78, 5) is 52.7. The first-order valence-electron chi connectivity index (χ1n) is 18.1. The maximum atomic E-state index is 14.2. The van der Waals surface area contributed by atoms with Gasteiger partial charge in [-0.15, -0.1) is 0 Å². The van der Waals surface area contributed by atoms with Gasteiger partial charge in [0.05, 0.1) is 35.9 Å². The number of hydrogen-bond donors (Lipinski definition) is 3. The molecule has 5 atom stereocenters. The standard InChI is InChI=1S/C39H54BN3O9/c1-36(2,3)49-34(46)27-17-13-14-23(31(27)48-10)20-30(40-51-29-22-24-21-28(38(24,7)8)39(29,9)52-40)43-33(45)26-16-12-11-15-25(26)32(44)41-18-19-42-35(47)50-37(4,5)6/h11-17,24,28-30H,18-22H2,1-10H3,(H,41,44)(H,42,47)(H,43,45)/t24?,28?,29?,30-,39?/m0/s1. The van der Waals surface area contributed by atoms with Crippen molar-refractivity contribution in [2.75, 3.05) is 20.2 Å². The van der Waals surface area contributed by atoms with Gasteiger partial charge in [0.2, 0.25) is 0 Å². The summed E-state index contributed by atoms with van der Waals surface area (Å²) >= 11 is 0. The number of hydrogen-bond acceptors (Lipinski definition) is 9. The fourth-order valence-electron chi connectivity index (χ4n) is 7.88. The Labute approximate surface area is 307 Å². The Morgan fingerprint density at radius 2 is 1.46 bits per heavy atom. The van der Waals surface area contributed by atoms with E-state index in [0.717, 1.165) is 12.8 Å². The monoisotopic (exact) mass is 719 g/mol. The molecule has 1 aliphatic heterocycles. The molecule has 3 N–H and O–H groups in total. The van der Waals surface area contributed by atoms with Crippen molar-refractivity contribution in [1.82, 2.24) is 16.0 Å². The fourth-order valence-corrected chi connectivity index (χ4v) is 7.88. The van der Waals surface area contributed by atoms with Gasteiger partial charge < -0.3 is 39.5 Å². The van der Waals surface area contributed by atoms with Crippen molar-refractivity contribution >= 4 is 31.0 Å². The number of amides is 3. The lowest BCUT2D eigenvalue weighted by atomic mass is 9.43. The lowest BCUT2D eigenvalue weighted by Gasteiger charge is -2.64. The van der Waals surface area contributed by atoms with Crippen LogP contribution in [0.3, 0.4) is 0 Å². The minimum atomic E-state index is -0.816. The molecule has 0 spiro atoms. The number of methoxy groups -OCH3 is 1. The third-order valence-electron chi connectivity index (χ3n) is 10.5. The maximum absolute atomic E-state index is 14.2. The number of ether oxygens (including phenoxy) is 3. The minimum absolute atomic E-state index is 0.113. The number of carbonyl (C=O) groups is 4. The Bertz CT molecular complexity index is 1680. The van der Waals surface area contributed by atoms with Crippen LogP contribution in [0.2, 0.25) is 0 Å². The second-order valence-electron chi connectivity index (χ2n) is 16.9. The molecule has 282 valence electrons. The van der Waals surface area contributed by atoms with E-state index < -0.39 is 53.7 Å². The van der Waals surface area contributed by atoms with Gasteiger partial charge in [-0.05, 0) is 109 Å². The first-order valence-corrected chi connectivity index (χ1v) is 18.1. The third kappa shape index (κ3) is 8.41. The molecule has 2 bridgehead atoms. The molecule has 3 aliphatic carbocycles. The molecule has 1 heterocycles. The predicted molar refractivity (Wildman–Crippen MR) is 196 cm³/mol. The highest BCUT2D eigenvalue weighted by Crippen LogP contribution is 2.65. The van der Waals surface area contributed by atoms with Crippen LogP contribution in [0.15, 0.2) is 42.5 Å². The Morgan fingerprint density at radius 3 is 2.08 bits per heavy atom. The topological polar surface area (TPSA) is 151 Å². The van der Waals surface area contributed by atoms with Crippen molar-refractivity contribution in [2.24, 2.45) is 17.3 Å². The van der Waals surface area contributed by atoms with Crippen molar-refractivity contribution in [3.63, 3.8) is 0 Å². The van der Waals surface area contributed by atoms with Gasteiger partial charge >= 0.3 is 19.2 Å². The lowest BCUT2D eigenvalue weighted by molar-refractivity contribution is -0.199. The van der Waals surface area contributed by atoms with Crippen LogP contribution in [0, 0.1) is 17.3 Å². The maximum Gasteiger partial charge on any atom is 0.482 e. The van der Waals surface area contributed by atoms with E-state index in [4.69, 9.17) is 23.5 Å². The second kappa shape index (κ2) is 14.7. The molecule has 1 saturated heterocycles. The molecule has 2 aromatic carbocycles. The van der Waals surface area contributed by atoms with Crippen molar-refractivity contribution < 1.29 is 42.7 Å². The summed E-state index contributed by atoms with van der Waals surface area (Å²) in [5.41, 5.74) is -0.557. The van der Waals surface area contributed by atoms with Gasteiger partial charge in [-0.25, -0.2) is 9.59 Å².